The zero-order chi connectivity index (χ0) is 13.1. The molecule has 0 aromatic carbocycles. The fraction of sp³-hybridized carbons (Fsp3) is 0.545. The number of anilines is 1. The summed E-state index contributed by atoms with van der Waals surface area (Å²) >= 11 is 0. The van der Waals surface area contributed by atoms with E-state index < -0.39 is 10.0 Å². The Bertz CT molecular complexity index is 485. The molecular formula is C11H19N3O2S. The van der Waals surface area contributed by atoms with E-state index in [1.54, 1.807) is 13.1 Å². The third-order valence-electron chi connectivity index (χ3n) is 2.57. The van der Waals surface area contributed by atoms with Gasteiger partial charge in [-0.05, 0) is 31.9 Å². The Morgan fingerprint density at radius 2 is 2.12 bits per heavy atom. The fourth-order valence-corrected chi connectivity index (χ4v) is 2.73. The molecule has 0 saturated carbocycles. The van der Waals surface area contributed by atoms with E-state index in [-0.39, 0.29) is 10.9 Å². The molecule has 5 nitrogen and oxygen atoms in total. The third-order valence-corrected chi connectivity index (χ3v) is 4.13. The number of pyridine rings is 1. The number of hydrogen-bond donors (Lipinski definition) is 2. The van der Waals surface area contributed by atoms with Crippen molar-refractivity contribution in [2.75, 3.05) is 12.4 Å². The van der Waals surface area contributed by atoms with Gasteiger partial charge in [-0.2, -0.15) is 0 Å². The van der Waals surface area contributed by atoms with Gasteiger partial charge in [-0.1, -0.05) is 6.92 Å². The molecule has 1 aromatic rings. The fourth-order valence-electron chi connectivity index (χ4n) is 1.37. The highest BCUT2D eigenvalue weighted by atomic mass is 32.2. The molecule has 0 aliphatic heterocycles. The molecule has 2 N–H and O–H groups in total. The second-order valence-electron chi connectivity index (χ2n) is 4.02. The maximum Gasteiger partial charge on any atom is 0.242 e. The van der Waals surface area contributed by atoms with Gasteiger partial charge in [0.15, 0.2) is 0 Å². The SMILES string of the molecule is CCC(C)NS(=O)(=O)c1cnc(NC)c(C)c1. The minimum absolute atomic E-state index is 0.0794. The van der Waals surface area contributed by atoms with E-state index in [9.17, 15) is 8.42 Å². The molecule has 17 heavy (non-hydrogen) atoms. The molecule has 0 spiro atoms. The molecule has 1 heterocycles. The predicted octanol–water partition coefficient (Wildman–Crippen LogP) is 1.51. The largest absolute Gasteiger partial charge is 0.373 e. The van der Waals surface area contributed by atoms with Crippen molar-refractivity contribution in [3.8, 4) is 0 Å². The van der Waals surface area contributed by atoms with Crippen LogP contribution in [-0.2, 0) is 10.0 Å². The highest BCUT2D eigenvalue weighted by Gasteiger charge is 2.17. The number of nitrogens with one attached hydrogen (secondary N) is 2. The Kier molecular flexibility index (Phi) is 4.47. The monoisotopic (exact) mass is 257 g/mol. The van der Waals surface area contributed by atoms with Crippen LogP contribution in [0.3, 0.4) is 0 Å². The van der Waals surface area contributed by atoms with Gasteiger partial charge in [0.2, 0.25) is 10.0 Å². The summed E-state index contributed by atoms with van der Waals surface area (Å²) in [6.07, 6.45) is 2.11. The van der Waals surface area contributed by atoms with E-state index in [1.165, 1.54) is 6.20 Å². The maximum absolute atomic E-state index is 12.0. The Morgan fingerprint density at radius 1 is 1.47 bits per heavy atom. The number of aryl methyl sites for hydroxylation is 1. The van der Waals surface area contributed by atoms with E-state index in [2.05, 4.69) is 15.0 Å². The summed E-state index contributed by atoms with van der Waals surface area (Å²) in [6.45, 7) is 5.59. The number of hydrogen-bond acceptors (Lipinski definition) is 4. The lowest BCUT2D eigenvalue weighted by molar-refractivity contribution is 0.555. The molecule has 0 bridgehead atoms. The van der Waals surface area contributed by atoms with Crippen LogP contribution in [0, 0.1) is 6.92 Å². The van der Waals surface area contributed by atoms with E-state index in [4.69, 9.17) is 0 Å². The summed E-state index contributed by atoms with van der Waals surface area (Å²) in [4.78, 5) is 4.27. The van der Waals surface area contributed by atoms with Crippen molar-refractivity contribution in [2.24, 2.45) is 0 Å². The molecule has 0 saturated heterocycles. The number of sulfonamides is 1. The minimum Gasteiger partial charge on any atom is -0.373 e. The molecule has 1 rings (SSSR count). The number of nitrogens with zero attached hydrogens (tertiary/aromatic N) is 1. The van der Waals surface area contributed by atoms with Gasteiger partial charge in [-0.25, -0.2) is 18.1 Å². The van der Waals surface area contributed by atoms with Crippen LogP contribution in [0.1, 0.15) is 25.8 Å². The zero-order valence-corrected chi connectivity index (χ0v) is 11.4. The van der Waals surface area contributed by atoms with Crippen LogP contribution < -0.4 is 10.0 Å². The second kappa shape index (κ2) is 5.46. The molecule has 0 amide bonds. The van der Waals surface area contributed by atoms with Crippen LogP contribution in [-0.4, -0.2) is 26.5 Å². The van der Waals surface area contributed by atoms with Crippen LogP contribution in [0.25, 0.3) is 0 Å². The zero-order valence-electron chi connectivity index (χ0n) is 10.6. The van der Waals surface area contributed by atoms with E-state index >= 15 is 0 Å². The average Bonchev–Trinajstić information content (AvgIpc) is 2.28. The molecule has 0 aliphatic carbocycles. The first-order chi connectivity index (χ1) is 7.90. The number of rotatable bonds is 5. The van der Waals surface area contributed by atoms with Crippen LogP contribution >= 0.6 is 0 Å². The topological polar surface area (TPSA) is 71.1 Å². The molecule has 0 radical (unpaired) electrons. The average molecular weight is 257 g/mol. The van der Waals surface area contributed by atoms with Gasteiger partial charge in [0, 0.05) is 19.3 Å². The van der Waals surface area contributed by atoms with Crippen LogP contribution in [0.2, 0.25) is 0 Å². The van der Waals surface area contributed by atoms with Crippen LogP contribution in [0.15, 0.2) is 17.2 Å². The van der Waals surface area contributed by atoms with Gasteiger partial charge in [-0.3, -0.25) is 0 Å². The van der Waals surface area contributed by atoms with Gasteiger partial charge >= 0.3 is 0 Å². The van der Waals surface area contributed by atoms with Gasteiger partial charge in [0.1, 0.15) is 10.7 Å². The highest BCUT2D eigenvalue weighted by molar-refractivity contribution is 7.89. The first-order valence-electron chi connectivity index (χ1n) is 5.57. The summed E-state index contributed by atoms with van der Waals surface area (Å²) in [5.41, 5.74) is 0.805. The molecular weight excluding hydrogens is 238 g/mol. The normalized spacial score (nSPS) is 13.4. The summed E-state index contributed by atoms with van der Waals surface area (Å²) in [5.74, 6) is 0.687. The quantitative estimate of drug-likeness (QED) is 0.838. The molecule has 6 heteroatoms. The van der Waals surface area contributed by atoms with E-state index in [0.717, 1.165) is 12.0 Å². The Morgan fingerprint density at radius 3 is 2.59 bits per heavy atom. The smallest absolute Gasteiger partial charge is 0.242 e. The molecule has 0 fully saturated rings. The lowest BCUT2D eigenvalue weighted by atomic mass is 10.3. The minimum atomic E-state index is -3.46. The highest BCUT2D eigenvalue weighted by Crippen LogP contribution is 2.16. The Labute approximate surface area is 103 Å². The predicted molar refractivity (Wildman–Crippen MR) is 68.6 cm³/mol. The standard InChI is InChI=1S/C11H19N3O2S/c1-5-9(3)14-17(15,16)10-6-8(2)11(12-4)13-7-10/h6-7,9,14H,5H2,1-4H3,(H,12,13). The second-order valence-corrected chi connectivity index (χ2v) is 5.73. The third kappa shape index (κ3) is 3.41. The van der Waals surface area contributed by atoms with Crippen molar-refractivity contribution in [2.45, 2.75) is 38.1 Å². The molecule has 1 atom stereocenters. The van der Waals surface area contributed by atoms with E-state index in [0.29, 0.717) is 5.82 Å². The summed E-state index contributed by atoms with van der Waals surface area (Å²) in [6, 6.07) is 1.54. The number of aromatic nitrogens is 1. The first kappa shape index (κ1) is 13.9. The van der Waals surface area contributed by atoms with Crippen molar-refractivity contribution < 1.29 is 8.42 Å². The Balaban J connectivity index is 3.04. The Hall–Kier alpha value is -1.14. The van der Waals surface area contributed by atoms with Crippen LogP contribution in [0.4, 0.5) is 5.82 Å². The van der Waals surface area contributed by atoms with Crippen molar-refractivity contribution in [3.05, 3.63) is 17.8 Å². The molecule has 0 aliphatic rings. The summed E-state index contributed by atoms with van der Waals surface area (Å²) in [5, 5.41) is 2.90. The van der Waals surface area contributed by atoms with Crippen molar-refractivity contribution >= 4 is 15.8 Å². The lowest BCUT2D eigenvalue weighted by Crippen LogP contribution is -2.32. The summed E-state index contributed by atoms with van der Waals surface area (Å²) in [7, 11) is -1.71. The molecule has 1 aromatic heterocycles. The van der Waals surface area contributed by atoms with E-state index in [1.807, 2.05) is 20.8 Å². The van der Waals surface area contributed by atoms with Gasteiger partial charge in [-0.15, -0.1) is 0 Å². The maximum atomic E-state index is 12.0. The van der Waals surface area contributed by atoms with Gasteiger partial charge in [0.25, 0.3) is 0 Å². The van der Waals surface area contributed by atoms with Crippen LogP contribution in [0.5, 0.6) is 0 Å². The summed E-state index contributed by atoms with van der Waals surface area (Å²) < 4.78 is 26.6. The first-order valence-corrected chi connectivity index (χ1v) is 7.05. The lowest BCUT2D eigenvalue weighted by Gasteiger charge is -2.13. The molecule has 96 valence electrons. The molecule has 1 unspecified atom stereocenters. The van der Waals surface area contributed by atoms with Crippen molar-refractivity contribution in [1.29, 1.82) is 0 Å². The van der Waals surface area contributed by atoms with Crippen molar-refractivity contribution in [1.82, 2.24) is 9.71 Å². The van der Waals surface area contributed by atoms with Crippen molar-refractivity contribution in [3.63, 3.8) is 0 Å². The van der Waals surface area contributed by atoms with Gasteiger partial charge < -0.3 is 5.32 Å². The van der Waals surface area contributed by atoms with Gasteiger partial charge in [0.05, 0.1) is 0 Å².